The van der Waals surface area contributed by atoms with Crippen LogP contribution < -0.4 is 0 Å². The van der Waals surface area contributed by atoms with E-state index in [4.69, 9.17) is 4.74 Å². The number of carbonyl (C=O) groups is 1. The highest BCUT2D eigenvalue weighted by atomic mass is 32.2. The lowest BCUT2D eigenvalue weighted by Crippen LogP contribution is -2.18. The Morgan fingerprint density at radius 2 is 2.00 bits per heavy atom. The van der Waals surface area contributed by atoms with E-state index in [1.165, 1.54) is 0 Å². The van der Waals surface area contributed by atoms with Gasteiger partial charge in [-0.05, 0) is 37.0 Å². The Hall–Kier alpha value is 0.520. The summed E-state index contributed by atoms with van der Waals surface area (Å²) in [5.74, 6) is 2.48. The predicted molar refractivity (Wildman–Crippen MR) is 69.8 cm³/mol. The number of ether oxygens (including phenoxy) is 1. The molecule has 0 aromatic rings. The monoisotopic (exact) mass is 254 g/mol. The summed E-state index contributed by atoms with van der Waals surface area (Å²) in [7, 11) is 0. The second-order valence-electron chi connectivity index (χ2n) is 2.83. The van der Waals surface area contributed by atoms with E-state index >= 15 is 0 Å². The highest BCUT2D eigenvalue weighted by molar-refractivity contribution is 8.00. The molecule has 84 valence electrons. The van der Waals surface area contributed by atoms with Crippen LogP contribution in [0, 0.1) is 0 Å². The number of hydrogen-bond acceptors (Lipinski definition) is 5. The fourth-order valence-corrected chi connectivity index (χ4v) is 2.12. The molecular formula is C9H18O2S3. The Kier molecular flexibility index (Phi) is 10.4. The molecule has 0 aliphatic carbocycles. The van der Waals surface area contributed by atoms with Crippen LogP contribution in [0.1, 0.15) is 19.8 Å². The Morgan fingerprint density at radius 3 is 2.57 bits per heavy atom. The van der Waals surface area contributed by atoms with Crippen LogP contribution in [-0.2, 0) is 9.53 Å². The van der Waals surface area contributed by atoms with Gasteiger partial charge >= 0.3 is 5.97 Å². The predicted octanol–water partition coefficient (Wildman–Crippen LogP) is 2.29. The fraction of sp³-hybridized carbons (Fsp3) is 0.889. The Labute approximate surface area is 101 Å². The maximum Gasteiger partial charge on any atom is 0.318 e. The molecule has 0 N–H and O–H groups in total. The molecular weight excluding hydrogens is 236 g/mol. The van der Waals surface area contributed by atoms with Crippen molar-refractivity contribution in [3.8, 4) is 0 Å². The number of rotatable bonds is 8. The molecule has 0 saturated carbocycles. The van der Waals surface area contributed by atoms with Crippen molar-refractivity contribution in [3.63, 3.8) is 0 Å². The molecule has 5 heteroatoms. The summed E-state index contributed by atoms with van der Waals surface area (Å²) in [6, 6.07) is 0. The van der Waals surface area contributed by atoms with Crippen molar-refractivity contribution in [2.75, 3.05) is 23.9 Å². The summed E-state index contributed by atoms with van der Waals surface area (Å²) >= 11 is 9.77. The van der Waals surface area contributed by atoms with Crippen LogP contribution >= 0.6 is 37.0 Å². The molecule has 0 rings (SSSR count). The van der Waals surface area contributed by atoms with Gasteiger partial charge in [-0.15, -0.1) is 11.8 Å². The second kappa shape index (κ2) is 10.1. The van der Waals surface area contributed by atoms with E-state index in [-0.39, 0.29) is 11.2 Å². The van der Waals surface area contributed by atoms with Crippen molar-refractivity contribution < 1.29 is 9.53 Å². The van der Waals surface area contributed by atoms with E-state index in [9.17, 15) is 4.79 Å². The molecule has 0 aliphatic heterocycles. The van der Waals surface area contributed by atoms with Crippen LogP contribution in [0.3, 0.4) is 0 Å². The third kappa shape index (κ3) is 7.88. The van der Waals surface area contributed by atoms with Gasteiger partial charge in [0.2, 0.25) is 0 Å². The molecule has 0 heterocycles. The van der Waals surface area contributed by atoms with E-state index < -0.39 is 0 Å². The topological polar surface area (TPSA) is 26.3 Å². The first-order chi connectivity index (χ1) is 6.72. The minimum Gasteiger partial charge on any atom is -0.465 e. The van der Waals surface area contributed by atoms with Gasteiger partial charge < -0.3 is 4.74 Å². The van der Waals surface area contributed by atoms with Crippen LogP contribution in [0.4, 0.5) is 0 Å². The third-order valence-electron chi connectivity index (χ3n) is 1.55. The Bertz CT molecular complexity index is 153. The summed E-state index contributed by atoms with van der Waals surface area (Å²) < 4.78 is 5.05. The van der Waals surface area contributed by atoms with Crippen molar-refractivity contribution in [1.82, 2.24) is 0 Å². The van der Waals surface area contributed by atoms with E-state index in [1.54, 1.807) is 11.8 Å². The van der Waals surface area contributed by atoms with Crippen LogP contribution in [0.5, 0.6) is 0 Å². The molecule has 0 amide bonds. The molecule has 0 radical (unpaired) electrons. The van der Waals surface area contributed by atoms with Crippen molar-refractivity contribution in [3.05, 3.63) is 0 Å². The molecule has 0 fully saturated rings. The first-order valence-electron chi connectivity index (χ1n) is 4.72. The van der Waals surface area contributed by atoms with Gasteiger partial charge in [0.1, 0.15) is 0 Å². The summed E-state index contributed by atoms with van der Waals surface area (Å²) in [5, 5.41) is -0.0604. The van der Waals surface area contributed by atoms with Gasteiger partial charge in [0.25, 0.3) is 0 Å². The zero-order chi connectivity index (χ0) is 10.8. The first kappa shape index (κ1) is 14.5. The molecule has 0 aromatic carbocycles. The molecule has 0 spiro atoms. The normalized spacial score (nSPS) is 12.5. The molecule has 14 heavy (non-hydrogen) atoms. The maximum atomic E-state index is 11.3. The van der Waals surface area contributed by atoms with Crippen molar-refractivity contribution in [2.24, 2.45) is 0 Å². The lowest BCUT2D eigenvalue weighted by atomic mass is 10.5. The van der Waals surface area contributed by atoms with Gasteiger partial charge in [0.15, 0.2) is 0 Å². The molecule has 1 unspecified atom stereocenters. The lowest BCUT2D eigenvalue weighted by molar-refractivity contribution is -0.142. The first-order valence-corrected chi connectivity index (χ1v) is 7.03. The van der Waals surface area contributed by atoms with E-state index in [0.717, 1.165) is 30.1 Å². The molecule has 1 atom stereocenters. The second-order valence-corrected chi connectivity index (χ2v) is 5.18. The van der Waals surface area contributed by atoms with Crippen LogP contribution in [0.25, 0.3) is 0 Å². The zero-order valence-electron chi connectivity index (χ0n) is 8.44. The van der Waals surface area contributed by atoms with Gasteiger partial charge in [-0.1, -0.05) is 0 Å². The molecule has 0 bridgehead atoms. The average molecular weight is 254 g/mol. The summed E-state index contributed by atoms with van der Waals surface area (Å²) in [4.78, 5) is 11.3. The largest absolute Gasteiger partial charge is 0.465 e. The van der Waals surface area contributed by atoms with Crippen molar-refractivity contribution in [2.45, 2.75) is 25.0 Å². The number of carbonyl (C=O) groups excluding carboxylic acids is 1. The SMILES string of the molecule is CC(SCCCS)C(=O)OCCCS. The van der Waals surface area contributed by atoms with E-state index in [2.05, 4.69) is 25.3 Å². The molecule has 2 nitrogen and oxygen atoms in total. The van der Waals surface area contributed by atoms with Gasteiger partial charge in [-0.25, -0.2) is 0 Å². The minimum atomic E-state index is -0.115. The van der Waals surface area contributed by atoms with E-state index in [1.807, 2.05) is 6.92 Å². The quantitative estimate of drug-likeness (QED) is 0.395. The molecule has 0 saturated heterocycles. The minimum absolute atomic E-state index is 0.0604. The number of hydrogen-bond donors (Lipinski definition) is 2. The van der Waals surface area contributed by atoms with Crippen LogP contribution in [0.15, 0.2) is 0 Å². The molecule has 0 aliphatic rings. The summed E-state index contributed by atoms with van der Waals surface area (Å²) in [6.07, 6.45) is 1.85. The Balaban J connectivity index is 3.44. The number of esters is 1. The summed E-state index contributed by atoms with van der Waals surface area (Å²) in [5.41, 5.74) is 0. The maximum absolute atomic E-state index is 11.3. The van der Waals surface area contributed by atoms with Crippen molar-refractivity contribution >= 4 is 43.0 Å². The van der Waals surface area contributed by atoms with Gasteiger partial charge in [0.05, 0.1) is 11.9 Å². The number of thiol groups is 2. The van der Waals surface area contributed by atoms with Crippen molar-refractivity contribution in [1.29, 1.82) is 0 Å². The fourth-order valence-electron chi connectivity index (χ4n) is 0.747. The van der Waals surface area contributed by atoms with E-state index in [0.29, 0.717) is 6.61 Å². The zero-order valence-corrected chi connectivity index (χ0v) is 11.0. The Morgan fingerprint density at radius 1 is 1.36 bits per heavy atom. The van der Waals surface area contributed by atoms with Gasteiger partial charge in [-0.3, -0.25) is 4.79 Å². The smallest absolute Gasteiger partial charge is 0.318 e. The van der Waals surface area contributed by atoms with Gasteiger partial charge in [-0.2, -0.15) is 25.3 Å². The highest BCUT2D eigenvalue weighted by Crippen LogP contribution is 2.13. The average Bonchev–Trinajstić information content (AvgIpc) is 2.18. The van der Waals surface area contributed by atoms with Crippen LogP contribution in [-0.4, -0.2) is 35.1 Å². The van der Waals surface area contributed by atoms with Gasteiger partial charge in [0, 0.05) is 0 Å². The lowest BCUT2D eigenvalue weighted by Gasteiger charge is -2.10. The molecule has 0 aromatic heterocycles. The summed E-state index contributed by atoms with van der Waals surface area (Å²) in [6.45, 7) is 2.37. The number of thioether (sulfide) groups is 1. The standard InChI is InChI=1S/C9H18O2S3/c1-8(14-7-3-6-13)9(10)11-4-2-5-12/h8,12-13H,2-7H2,1H3. The third-order valence-corrected chi connectivity index (χ3v) is 3.40. The van der Waals surface area contributed by atoms with Crippen LogP contribution in [0.2, 0.25) is 0 Å². The highest BCUT2D eigenvalue weighted by Gasteiger charge is 2.13.